The van der Waals surface area contributed by atoms with E-state index in [1.807, 2.05) is 6.92 Å². The van der Waals surface area contributed by atoms with Crippen LogP contribution in [-0.4, -0.2) is 45.2 Å². The van der Waals surface area contributed by atoms with Gasteiger partial charge in [0.05, 0.1) is 17.1 Å². The van der Waals surface area contributed by atoms with Crippen LogP contribution in [0.2, 0.25) is 0 Å². The minimum atomic E-state index is -1.51. The summed E-state index contributed by atoms with van der Waals surface area (Å²) in [5.74, 6) is -7.83. The first kappa shape index (κ1) is 23.8. The Morgan fingerprint density at radius 2 is 1.72 bits per heavy atom. The molecule has 0 unspecified atom stereocenters. The Hall–Kier alpha value is -3.23. The monoisotopic (exact) mass is 408 g/mol. The molecule has 9 heteroatoms. The van der Waals surface area contributed by atoms with Crippen molar-refractivity contribution in [1.82, 2.24) is 0 Å². The highest BCUT2D eigenvalue weighted by atomic mass is 16.6. The van der Waals surface area contributed by atoms with Gasteiger partial charge in [-0.2, -0.15) is 0 Å². The predicted octanol–water partition coefficient (Wildman–Crippen LogP) is 2.33. The highest BCUT2D eigenvalue weighted by Crippen LogP contribution is 2.29. The van der Waals surface area contributed by atoms with Gasteiger partial charge in [-0.25, -0.2) is 14.4 Å². The first-order chi connectivity index (χ1) is 13.6. The molecule has 1 aliphatic rings. The van der Waals surface area contributed by atoms with Gasteiger partial charge in [0.25, 0.3) is 0 Å². The lowest BCUT2D eigenvalue weighted by atomic mass is 9.87. The van der Waals surface area contributed by atoms with E-state index in [4.69, 9.17) is 5.11 Å². The van der Waals surface area contributed by atoms with Crippen LogP contribution >= 0.6 is 0 Å². The van der Waals surface area contributed by atoms with Crippen molar-refractivity contribution in [2.24, 2.45) is 11.8 Å². The van der Waals surface area contributed by atoms with Gasteiger partial charge in [-0.3, -0.25) is 9.59 Å². The zero-order valence-corrected chi connectivity index (χ0v) is 16.2. The lowest BCUT2D eigenvalue weighted by Gasteiger charge is -2.16. The maximum Gasteiger partial charge on any atom is 0.346 e. The van der Waals surface area contributed by atoms with Crippen molar-refractivity contribution >= 4 is 29.8 Å². The molecule has 3 N–H and O–H groups in total. The number of cyclic esters (lactones) is 2. The fraction of sp³-hybridized carbons (Fsp3) is 0.450. The molecule has 158 valence electrons. The molecule has 9 nitrogen and oxygen atoms in total. The Labute approximate surface area is 167 Å². The van der Waals surface area contributed by atoms with Crippen molar-refractivity contribution in [2.45, 2.75) is 46.0 Å². The fourth-order valence-corrected chi connectivity index (χ4v) is 2.89. The van der Waals surface area contributed by atoms with Crippen molar-refractivity contribution in [2.75, 3.05) is 0 Å². The molecule has 1 heterocycles. The smallest absolute Gasteiger partial charge is 0.346 e. The van der Waals surface area contributed by atoms with Crippen molar-refractivity contribution in [3.05, 3.63) is 34.9 Å². The summed E-state index contributed by atoms with van der Waals surface area (Å²) in [6.45, 7) is 3.57. The summed E-state index contributed by atoms with van der Waals surface area (Å²) in [7, 11) is 0. The van der Waals surface area contributed by atoms with Gasteiger partial charge in [0.2, 0.25) is 0 Å². The summed E-state index contributed by atoms with van der Waals surface area (Å²) in [4.78, 5) is 57.8. The van der Waals surface area contributed by atoms with E-state index in [0.29, 0.717) is 12.8 Å². The van der Waals surface area contributed by atoms with Crippen LogP contribution < -0.4 is 0 Å². The fourth-order valence-electron chi connectivity index (χ4n) is 2.89. The molecule has 0 aliphatic carbocycles. The number of carbonyl (C=O) groups excluding carboxylic acids is 2. The molecule has 2 atom stereocenters. The van der Waals surface area contributed by atoms with Gasteiger partial charge in [0.1, 0.15) is 0 Å². The van der Waals surface area contributed by atoms with E-state index < -0.39 is 53.7 Å². The van der Waals surface area contributed by atoms with E-state index in [1.165, 1.54) is 12.2 Å². The van der Waals surface area contributed by atoms with Gasteiger partial charge in [-0.05, 0) is 31.6 Å². The van der Waals surface area contributed by atoms with Gasteiger partial charge in [0, 0.05) is 12.0 Å². The first-order valence-corrected chi connectivity index (χ1v) is 9.18. The molecule has 0 fully saturated rings. The van der Waals surface area contributed by atoms with Crippen LogP contribution in [0, 0.1) is 11.8 Å². The molecule has 29 heavy (non-hydrogen) atoms. The van der Waals surface area contributed by atoms with Gasteiger partial charge < -0.3 is 20.1 Å². The molecule has 0 aromatic rings. The highest BCUT2D eigenvalue weighted by Gasteiger charge is 2.33. The number of rotatable bonds is 12. The lowest BCUT2D eigenvalue weighted by Crippen LogP contribution is -2.23. The second-order valence-electron chi connectivity index (χ2n) is 6.50. The molecule has 0 spiro atoms. The highest BCUT2D eigenvalue weighted by molar-refractivity contribution is 6.14. The zero-order valence-electron chi connectivity index (χ0n) is 16.2. The average Bonchev–Trinajstić information content (AvgIpc) is 2.90. The number of aliphatic carboxylic acids is 3. The third kappa shape index (κ3) is 6.70. The minimum Gasteiger partial charge on any atom is -0.481 e. The molecule has 0 aromatic heterocycles. The van der Waals surface area contributed by atoms with Crippen molar-refractivity contribution in [3.8, 4) is 0 Å². The summed E-state index contributed by atoms with van der Waals surface area (Å²) in [5.41, 5.74) is -0.249. The van der Waals surface area contributed by atoms with Crippen LogP contribution in [0.1, 0.15) is 46.0 Å². The summed E-state index contributed by atoms with van der Waals surface area (Å²) in [5, 5.41) is 27.6. The lowest BCUT2D eigenvalue weighted by molar-refractivity contribution is -0.151. The Kier molecular flexibility index (Phi) is 8.98. The summed E-state index contributed by atoms with van der Waals surface area (Å²) in [6.07, 6.45) is 4.48. The third-order valence-corrected chi connectivity index (χ3v) is 4.47. The standard InChI is InChI=1S/C20H24O9/c1-3-5-6-13-15(20(28)29-19(13)27)10-11(4-2)9-14(18(25)26)12(17(23)24)7-8-16(21)22/h5-6,9,11-12H,3-4,7-8,10H2,1-2H3,(H,21,22)(H,23,24)(H,25,26)/b6-5+,14-9-/t11-,12+/m0/s1. The molecular formula is C20H24O9. The first-order valence-electron chi connectivity index (χ1n) is 9.18. The number of hydrogen-bond acceptors (Lipinski definition) is 6. The number of esters is 2. The van der Waals surface area contributed by atoms with Crippen LogP contribution in [0.15, 0.2) is 34.9 Å². The summed E-state index contributed by atoms with van der Waals surface area (Å²) < 4.78 is 4.63. The Morgan fingerprint density at radius 3 is 2.21 bits per heavy atom. The predicted molar refractivity (Wildman–Crippen MR) is 99.7 cm³/mol. The average molecular weight is 408 g/mol. The van der Waals surface area contributed by atoms with Crippen LogP contribution in [-0.2, 0) is 28.7 Å². The molecular weight excluding hydrogens is 384 g/mol. The quantitative estimate of drug-likeness (QED) is 0.250. The zero-order chi connectivity index (χ0) is 22.1. The topological polar surface area (TPSA) is 155 Å². The number of carbonyl (C=O) groups is 5. The Bertz CT molecular complexity index is 786. The van der Waals surface area contributed by atoms with Gasteiger partial charge >= 0.3 is 29.8 Å². The SMILES string of the molecule is CC/C=C/C1=C(C[C@H](/C=C(\C(=O)O)[C@@H](CCC(=O)O)C(=O)O)CC)C(=O)OC1=O. The Balaban J connectivity index is 3.26. The van der Waals surface area contributed by atoms with Gasteiger partial charge in [-0.1, -0.05) is 32.1 Å². The second-order valence-corrected chi connectivity index (χ2v) is 6.50. The maximum atomic E-state index is 12.0. The maximum absolute atomic E-state index is 12.0. The molecule has 0 saturated heterocycles. The number of allylic oxidation sites excluding steroid dienone is 2. The number of carboxylic acids is 3. The van der Waals surface area contributed by atoms with Crippen molar-refractivity contribution in [1.29, 1.82) is 0 Å². The molecule has 0 amide bonds. The second kappa shape index (κ2) is 10.9. The number of hydrogen-bond donors (Lipinski definition) is 3. The third-order valence-electron chi connectivity index (χ3n) is 4.47. The Morgan fingerprint density at radius 1 is 1.07 bits per heavy atom. The van der Waals surface area contributed by atoms with Crippen LogP contribution in [0.4, 0.5) is 0 Å². The molecule has 0 bridgehead atoms. The number of ether oxygens (including phenoxy) is 1. The van der Waals surface area contributed by atoms with E-state index in [2.05, 4.69) is 4.74 Å². The number of carboxylic acid groups (broad SMARTS) is 3. The normalized spacial score (nSPS) is 16.8. The molecule has 0 radical (unpaired) electrons. The van der Waals surface area contributed by atoms with E-state index in [1.54, 1.807) is 13.0 Å². The van der Waals surface area contributed by atoms with Crippen LogP contribution in [0.25, 0.3) is 0 Å². The van der Waals surface area contributed by atoms with Crippen LogP contribution in [0.5, 0.6) is 0 Å². The van der Waals surface area contributed by atoms with E-state index >= 15 is 0 Å². The van der Waals surface area contributed by atoms with Crippen LogP contribution in [0.3, 0.4) is 0 Å². The summed E-state index contributed by atoms with van der Waals surface area (Å²) in [6, 6.07) is 0. The van der Waals surface area contributed by atoms with E-state index in [-0.39, 0.29) is 24.0 Å². The molecule has 1 rings (SSSR count). The molecule has 1 aliphatic heterocycles. The van der Waals surface area contributed by atoms with Crippen molar-refractivity contribution in [3.63, 3.8) is 0 Å². The molecule has 0 aromatic carbocycles. The largest absolute Gasteiger partial charge is 0.481 e. The molecule has 0 saturated carbocycles. The van der Waals surface area contributed by atoms with E-state index in [9.17, 15) is 34.2 Å². The minimum absolute atomic E-state index is 0.00743. The summed E-state index contributed by atoms with van der Waals surface area (Å²) >= 11 is 0. The van der Waals surface area contributed by atoms with Gasteiger partial charge in [0.15, 0.2) is 0 Å². The van der Waals surface area contributed by atoms with E-state index in [0.717, 1.165) is 0 Å². The van der Waals surface area contributed by atoms with Crippen molar-refractivity contribution < 1.29 is 44.0 Å². The van der Waals surface area contributed by atoms with Gasteiger partial charge in [-0.15, -0.1) is 0 Å².